The average Bonchev–Trinajstić information content (AvgIpc) is 2.42. The van der Waals surface area contributed by atoms with Crippen LogP contribution in [0, 0.1) is 5.92 Å². The highest BCUT2D eigenvalue weighted by Gasteiger charge is 2.28. The molecule has 0 radical (unpaired) electrons. The molecule has 1 saturated carbocycles. The van der Waals surface area contributed by atoms with Crippen LogP contribution in [-0.2, 0) is 9.47 Å². The first-order valence-corrected chi connectivity index (χ1v) is 7.25. The number of nitrogens with two attached hydrogens (primary N) is 1. The Hall–Kier alpha value is -0.160. The van der Waals surface area contributed by atoms with Crippen molar-refractivity contribution in [1.82, 2.24) is 4.90 Å². The van der Waals surface area contributed by atoms with Crippen LogP contribution in [0.4, 0.5) is 0 Å². The molecule has 1 aliphatic rings. The van der Waals surface area contributed by atoms with E-state index in [1.54, 1.807) is 14.2 Å². The van der Waals surface area contributed by atoms with Gasteiger partial charge in [-0.05, 0) is 31.7 Å². The van der Waals surface area contributed by atoms with Crippen molar-refractivity contribution in [2.45, 2.75) is 38.1 Å². The highest BCUT2D eigenvalue weighted by atomic mass is 16.5. The summed E-state index contributed by atoms with van der Waals surface area (Å²) in [6.07, 6.45) is 6.35. The van der Waals surface area contributed by atoms with E-state index in [4.69, 9.17) is 15.2 Å². The first kappa shape index (κ1) is 15.9. The van der Waals surface area contributed by atoms with Crippen LogP contribution in [0.3, 0.4) is 0 Å². The van der Waals surface area contributed by atoms with Crippen molar-refractivity contribution >= 4 is 0 Å². The molecule has 18 heavy (non-hydrogen) atoms. The number of hydrogen-bond acceptors (Lipinski definition) is 4. The summed E-state index contributed by atoms with van der Waals surface area (Å²) >= 11 is 0. The second kappa shape index (κ2) is 9.73. The smallest absolute Gasteiger partial charge is 0.0589 e. The Labute approximate surface area is 112 Å². The molecular formula is C14H30N2O2. The van der Waals surface area contributed by atoms with Gasteiger partial charge in [0.15, 0.2) is 0 Å². The lowest BCUT2D eigenvalue weighted by Crippen LogP contribution is -2.47. The summed E-state index contributed by atoms with van der Waals surface area (Å²) in [4.78, 5) is 2.57. The molecule has 4 heteroatoms. The average molecular weight is 258 g/mol. The van der Waals surface area contributed by atoms with Crippen LogP contribution in [0.25, 0.3) is 0 Å². The van der Waals surface area contributed by atoms with Crippen LogP contribution in [0.2, 0.25) is 0 Å². The molecule has 0 aromatic carbocycles. The molecule has 0 bridgehead atoms. The van der Waals surface area contributed by atoms with Crippen molar-refractivity contribution in [2.24, 2.45) is 11.7 Å². The Bertz CT molecular complexity index is 202. The van der Waals surface area contributed by atoms with E-state index in [1.165, 1.54) is 25.7 Å². The summed E-state index contributed by atoms with van der Waals surface area (Å²) in [6, 6.07) is 0.649. The minimum absolute atomic E-state index is 0.649. The molecule has 0 aromatic heterocycles. The van der Waals surface area contributed by atoms with Gasteiger partial charge in [0.1, 0.15) is 0 Å². The zero-order chi connectivity index (χ0) is 13.2. The molecule has 0 aliphatic heterocycles. The Kier molecular flexibility index (Phi) is 8.59. The maximum Gasteiger partial charge on any atom is 0.0589 e. The SMILES string of the molecule is COCCCN(CCOC)C1CCCCC1CN. The standard InChI is InChI=1S/C14H30N2O2/c1-17-10-5-8-16(9-11-18-2)14-7-4-3-6-13(14)12-15/h13-14H,3-12,15H2,1-2H3. The van der Waals surface area contributed by atoms with E-state index >= 15 is 0 Å². The number of rotatable bonds is 9. The second-order valence-corrected chi connectivity index (χ2v) is 5.22. The fourth-order valence-electron chi connectivity index (χ4n) is 3.01. The number of nitrogens with zero attached hydrogens (tertiary/aromatic N) is 1. The van der Waals surface area contributed by atoms with Crippen LogP contribution in [-0.4, -0.2) is 58.0 Å². The molecule has 0 aromatic rings. The third-order valence-corrected chi connectivity index (χ3v) is 4.02. The molecular weight excluding hydrogens is 228 g/mol. The molecule has 1 aliphatic carbocycles. The van der Waals surface area contributed by atoms with Crippen LogP contribution in [0.15, 0.2) is 0 Å². The van der Waals surface area contributed by atoms with Crippen molar-refractivity contribution in [3.8, 4) is 0 Å². The topological polar surface area (TPSA) is 47.7 Å². The van der Waals surface area contributed by atoms with Gasteiger partial charge in [0.2, 0.25) is 0 Å². The van der Waals surface area contributed by atoms with E-state index in [1.807, 2.05) is 0 Å². The molecule has 0 heterocycles. The molecule has 0 amide bonds. The number of hydrogen-bond donors (Lipinski definition) is 1. The van der Waals surface area contributed by atoms with Gasteiger partial charge in [-0.15, -0.1) is 0 Å². The minimum atomic E-state index is 0.649. The summed E-state index contributed by atoms with van der Waals surface area (Å²) in [6.45, 7) is 4.57. The van der Waals surface area contributed by atoms with Crippen molar-refractivity contribution < 1.29 is 9.47 Å². The van der Waals surface area contributed by atoms with Crippen LogP contribution < -0.4 is 5.73 Å². The lowest BCUT2D eigenvalue weighted by molar-refractivity contribution is 0.0650. The Morgan fingerprint density at radius 3 is 2.44 bits per heavy atom. The Morgan fingerprint density at radius 2 is 1.78 bits per heavy atom. The van der Waals surface area contributed by atoms with Gasteiger partial charge in [-0.25, -0.2) is 0 Å². The highest BCUT2D eigenvalue weighted by molar-refractivity contribution is 4.84. The quantitative estimate of drug-likeness (QED) is 0.637. The van der Waals surface area contributed by atoms with E-state index in [0.717, 1.165) is 39.3 Å². The molecule has 1 fully saturated rings. The molecule has 1 rings (SSSR count). The van der Waals surface area contributed by atoms with Gasteiger partial charge in [-0.2, -0.15) is 0 Å². The fraction of sp³-hybridized carbons (Fsp3) is 1.00. The maximum absolute atomic E-state index is 5.93. The maximum atomic E-state index is 5.93. The molecule has 2 N–H and O–H groups in total. The largest absolute Gasteiger partial charge is 0.385 e. The van der Waals surface area contributed by atoms with E-state index in [0.29, 0.717) is 12.0 Å². The Morgan fingerprint density at radius 1 is 1.06 bits per heavy atom. The summed E-state index contributed by atoms with van der Waals surface area (Å²) in [5.41, 5.74) is 5.93. The summed E-state index contributed by atoms with van der Waals surface area (Å²) in [5, 5.41) is 0. The molecule has 2 atom stereocenters. The second-order valence-electron chi connectivity index (χ2n) is 5.22. The third kappa shape index (κ3) is 5.22. The first-order chi connectivity index (χ1) is 8.83. The van der Waals surface area contributed by atoms with E-state index in [2.05, 4.69) is 4.90 Å². The van der Waals surface area contributed by atoms with Crippen molar-refractivity contribution in [3.63, 3.8) is 0 Å². The predicted octanol–water partition coefficient (Wildman–Crippen LogP) is 1.49. The molecule has 2 unspecified atom stereocenters. The minimum Gasteiger partial charge on any atom is -0.385 e. The summed E-state index contributed by atoms with van der Waals surface area (Å²) in [7, 11) is 3.54. The van der Waals surface area contributed by atoms with Gasteiger partial charge in [0.25, 0.3) is 0 Å². The van der Waals surface area contributed by atoms with Gasteiger partial charge in [0.05, 0.1) is 6.61 Å². The number of methoxy groups -OCH3 is 2. The molecule has 4 nitrogen and oxygen atoms in total. The van der Waals surface area contributed by atoms with Crippen molar-refractivity contribution in [3.05, 3.63) is 0 Å². The lowest BCUT2D eigenvalue weighted by atomic mass is 9.83. The monoisotopic (exact) mass is 258 g/mol. The first-order valence-electron chi connectivity index (χ1n) is 7.25. The van der Waals surface area contributed by atoms with E-state index < -0.39 is 0 Å². The summed E-state index contributed by atoms with van der Waals surface area (Å²) in [5.74, 6) is 0.665. The van der Waals surface area contributed by atoms with Crippen molar-refractivity contribution in [1.29, 1.82) is 0 Å². The van der Waals surface area contributed by atoms with Gasteiger partial charge < -0.3 is 15.2 Å². The lowest BCUT2D eigenvalue weighted by Gasteiger charge is -2.39. The van der Waals surface area contributed by atoms with E-state index in [-0.39, 0.29) is 0 Å². The normalized spacial score (nSPS) is 24.7. The Balaban J connectivity index is 2.48. The van der Waals surface area contributed by atoms with E-state index in [9.17, 15) is 0 Å². The van der Waals surface area contributed by atoms with Gasteiger partial charge in [0, 0.05) is 40.0 Å². The molecule has 0 saturated heterocycles. The highest BCUT2D eigenvalue weighted by Crippen LogP contribution is 2.27. The summed E-state index contributed by atoms with van der Waals surface area (Å²) < 4.78 is 10.4. The zero-order valence-electron chi connectivity index (χ0n) is 12.1. The van der Waals surface area contributed by atoms with Gasteiger partial charge in [-0.1, -0.05) is 12.8 Å². The van der Waals surface area contributed by atoms with Crippen molar-refractivity contribution in [2.75, 3.05) is 47.1 Å². The zero-order valence-corrected chi connectivity index (χ0v) is 12.1. The third-order valence-electron chi connectivity index (χ3n) is 4.02. The fourth-order valence-corrected chi connectivity index (χ4v) is 3.01. The van der Waals surface area contributed by atoms with Crippen LogP contribution in [0.5, 0.6) is 0 Å². The molecule has 108 valence electrons. The van der Waals surface area contributed by atoms with Gasteiger partial charge in [-0.3, -0.25) is 4.90 Å². The predicted molar refractivity (Wildman–Crippen MR) is 74.7 cm³/mol. The van der Waals surface area contributed by atoms with Crippen LogP contribution >= 0.6 is 0 Å². The number of ether oxygens (including phenoxy) is 2. The van der Waals surface area contributed by atoms with Gasteiger partial charge >= 0.3 is 0 Å². The molecule has 0 spiro atoms. The van der Waals surface area contributed by atoms with Crippen LogP contribution in [0.1, 0.15) is 32.1 Å².